The number of nitrogens with zero attached hydrogens (tertiary/aromatic N) is 2. The van der Waals surface area contributed by atoms with Crippen LogP contribution in [0.15, 0.2) is 34.9 Å². The first kappa shape index (κ1) is 21.4. The highest BCUT2D eigenvalue weighted by molar-refractivity contribution is 6.00. The normalized spacial score (nSPS) is 25.4. The van der Waals surface area contributed by atoms with E-state index in [-0.39, 0.29) is 23.9 Å². The van der Waals surface area contributed by atoms with Gasteiger partial charge in [0.1, 0.15) is 17.0 Å². The first-order chi connectivity index (χ1) is 15.6. The van der Waals surface area contributed by atoms with Crippen molar-refractivity contribution in [2.45, 2.75) is 102 Å². The Hall–Kier alpha value is -2.50. The van der Waals surface area contributed by atoms with E-state index >= 15 is 0 Å². The summed E-state index contributed by atoms with van der Waals surface area (Å²) in [4.78, 5) is 29.6. The van der Waals surface area contributed by atoms with Gasteiger partial charge in [-0.15, -0.1) is 0 Å². The third-order valence-electron chi connectivity index (χ3n) is 7.81. The molecule has 2 aromatic heterocycles. The van der Waals surface area contributed by atoms with Gasteiger partial charge in [0.25, 0.3) is 5.91 Å². The summed E-state index contributed by atoms with van der Waals surface area (Å²) in [7, 11) is 0. The number of nitrogens with one attached hydrogen (secondary N) is 1. The molecular formula is C26H35N3O3. The molecule has 3 aliphatic rings. The highest BCUT2D eigenvalue weighted by Gasteiger charge is 2.51. The highest BCUT2D eigenvalue weighted by atomic mass is 16.3. The van der Waals surface area contributed by atoms with Gasteiger partial charge in [-0.2, -0.15) is 0 Å². The molecule has 2 aromatic rings. The first-order valence-electron chi connectivity index (χ1n) is 12.5. The van der Waals surface area contributed by atoms with Gasteiger partial charge in [-0.3, -0.25) is 9.59 Å². The van der Waals surface area contributed by atoms with Crippen LogP contribution < -0.4 is 5.32 Å². The van der Waals surface area contributed by atoms with Crippen molar-refractivity contribution in [3.8, 4) is 11.5 Å². The lowest BCUT2D eigenvalue weighted by atomic mass is 9.90. The zero-order valence-electron chi connectivity index (χ0n) is 19.1. The van der Waals surface area contributed by atoms with Gasteiger partial charge in [0, 0.05) is 12.1 Å². The SMILES string of the molecule is C[C@]1(C(=O)NC2CCCCCCC2)Cn2c(ccc2-c2ccco2)C(=O)N1C1CCCC1. The molecule has 2 saturated carbocycles. The molecule has 1 atom stereocenters. The molecule has 6 heteroatoms. The smallest absolute Gasteiger partial charge is 0.271 e. The van der Waals surface area contributed by atoms with Gasteiger partial charge < -0.3 is 19.2 Å². The monoisotopic (exact) mass is 437 g/mol. The van der Waals surface area contributed by atoms with Crippen molar-refractivity contribution < 1.29 is 14.0 Å². The zero-order chi connectivity index (χ0) is 22.1. The maximum Gasteiger partial charge on any atom is 0.271 e. The summed E-state index contributed by atoms with van der Waals surface area (Å²) in [5.74, 6) is 0.686. The van der Waals surface area contributed by atoms with E-state index in [1.54, 1.807) is 6.26 Å². The number of fused-ring (bicyclic) bond motifs is 1. The quantitative estimate of drug-likeness (QED) is 0.721. The molecule has 1 N–H and O–H groups in total. The molecule has 0 aromatic carbocycles. The van der Waals surface area contributed by atoms with Crippen LogP contribution in [0.25, 0.3) is 11.5 Å². The van der Waals surface area contributed by atoms with Crippen LogP contribution in [0, 0.1) is 0 Å². The van der Waals surface area contributed by atoms with E-state index in [1.807, 2.05) is 40.7 Å². The third kappa shape index (κ3) is 3.78. The minimum absolute atomic E-state index is 0.00642. The summed E-state index contributed by atoms with van der Waals surface area (Å²) in [6.45, 7) is 2.42. The number of rotatable bonds is 4. The lowest BCUT2D eigenvalue weighted by Crippen LogP contribution is -2.67. The van der Waals surface area contributed by atoms with Gasteiger partial charge in [0.05, 0.1) is 18.5 Å². The fraction of sp³-hybridized carbons (Fsp3) is 0.615. The van der Waals surface area contributed by atoms with Crippen molar-refractivity contribution in [3.63, 3.8) is 0 Å². The summed E-state index contributed by atoms with van der Waals surface area (Å²) >= 11 is 0. The van der Waals surface area contributed by atoms with Gasteiger partial charge >= 0.3 is 0 Å². The van der Waals surface area contributed by atoms with Gasteiger partial charge in [-0.1, -0.05) is 44.9 Å². The van der Waals surface area contributed by atoms with Crippen LogP contribution in [0.3, 0.4) is 0 Å². The number of furan rings is 1. The summed E-state index contributed by atoms with van der Waals surface area (Å²) < 4.78 is 7.63. The lowest BCUT2D eigenvalue weighted by molar-refractivity contribution is -0.135. The van der Waals surface area contributed by atoms with E-state index < -0.39 is 5.54 Å². The number of carbonyl (C=O) groups is 2. The van der Waals surface area contributed by atoms with Crippen LogP contribution >= 0.6 is 0 Å². The Labute approximate surface area is 190 Å². The van der Waals surface area contributed by atoms with Crippen LogP contribution in [-0.4, -0.2) is 38.9 Å². The third-order valence-corrected chi connectivity index (χ3v) is 7.81. The zero-order valence-corrected chi connectivity index (χ0v) is 19.1. The molecule has 0 radical (unpaired) electrons. The number of carbonyl (C=O) groups excluding carboxylic acids is 2. The summed E-state index contributed by atoms with van der Waals surface area (Å²) in [5, 5.41) is 3.38. The fourth-order valence-corrected chi connectivity index (χ4v) is 6.05. The standard InChI is InChI=1S/C26H35N3O3/c1-26(25(31)27-19-10-5-3-2-4-6-11-19)18-28-21(23-14-9-17-32-23)15-16-22(28)24(30)29(26)20-12-7-8-13-20/h9,14-17,19-20H,2-8,10-13,18H2,1H3,(H,27,31)/t26-/m1/s1. The van der Waals surface area contributed by atoms with E-state index in [4.69, 9.17) is 4.42 Å². The van der Waals surface area contributed by atoms with E-state index in [9.17, 15) is 9.59 Å². The second-order valence-electron chi connectivity index (χ2n) is 10.1. The Morgan fingerprint density at radius 1 is 0.969 bits per heavy atom. The molecule has 0 saturated heterocycles. The number of amides is 2. The largest absolute Gasteiger partial charge is 0.463 e. The van der Waals surface area contributed by atoms with Gasteiger partial charge in [-0.05, 0) is 56.9 Å². The van der Waals surface area contributed by atoms with Crippen LogP contribution in [0.2, 0.25) is 0 Å². The van der Waals surface area contributed by atoms with Crippen molar-refractivity contribution in [1.82, 2.24) is 14.8 Å². The van der Waals surface area contributed by atoms with Crippen molar-refractivity contribution in [2.24, 2.45) is 0 Å². The average molecular weight is 438 g/mol. The maximum atomic E-state index is 13.9. The summed E-state index contributed by atoms with van der Waals surface area (Å²) in [6, 6.07) is 7.92. The van der Waals surface area contributed by atoms with E-state index in [0.717, 1.165) is 62.8 Å². The molecule has 1 aliphatic heterocycles. The second-order valence-corrected chi connectivity index (χ2v) is 10.1. The Kier molecular flexibility index (Phi) is 5.87. The molecule has 0 bridgehead atoms. The molecule has 2 amide bonds. The Morgan fingerprint density at radius 3 is 2.31 bits per heavy atom. The molecule has 0 unspecified atom stereocenters. The molecule has 5 rings (SSSR count). The molecule has 6 nitrogen and oxygen atoms in total. The molecule has 0 spiro atoms. The van der Waals surface area contributed by atoms with E-state index in [2.05, 4.69) is 5.32 Å². The van der Waals surface area contributed by atoms with Gasteiger partial charge in [0.15, 0.2) is 0 Å². The van der Waals surface area contributed by atoms with Crippen LogP contribution in [0.5, 0.6) is 0 Å². The first-order valence-corrected chi connectivity index (χ1v) is 12.5. The van der Waals surface area contributed by atoms with E-state index in [1.165, 1.54) is 19.3 Å². The average Bonchev–Trinajstić information content (AvgIpc) is 3.51. The van der Waals surface area contributed by atoms with Crippen LogP contribution in [0.1, 0.15) is 88.0 Å². The van der Waals surface area contributed by atoms with Crippen molar-refractivity contribution in [1.29, 1.82) is 0 Å². The number of hydrogen-bond donors (Lipinski definition) is 1. The number of aromatic nitrogens is 1. The molecule has 3 heterocycles. The molecule has 172 valence electrons. The van der Waals surface area contributed by atoms with Crippen molar-refractivity contribution >= 4 is 11.8 Å². The van der Waals surface area contributed by atoms with E-state index in [0.29, 0.717) is 12.2 Å². The van der Waals surface area contributed by atoms with Crippen LogP contribution in [-0.2, 0) is 11.3 Å². The highest BCUT2D eigenvalue weighted by Crippen LogP contribution is 2.38. The Bertz CT molecular complexity index is 949. The predicted molar refractivity (Wildman–Crippen MR) is 123 cm³/mol. The number of hydrogen-bond acceptors (Lipinski definition) is 3. The topological polar surface area (TPSA) is 67.5 Å². The molecular weight excluding hydrogens is 402 g/mol. The second kappa shape index (κ2) is 8.80. The van der Waals surface area contributed by atoms with Crippen LogP contribution in [0.4, 0.5) is 0 Å². The van der Waals surface area contributed by atoms with Gasteiger partial charge in [0.2, 0.25) is 5.91 Å². The summed E-state index contributed by atoms with van der Waals surface area (Å²) in [5.41, 5.74) is 0.593. The maximum absolute atomic E-state index is 13.9. The van der Waals surface area contributed by atoms with Gasteiger partial charge in [-0.25, -0.2) is 0 Å². The van der Waals surface area contributed by atoms with Crippen molar-refractivity contribution in [3.05, 3.63) is 36.2 Å². The molecule has 2 fully saturated rings. The Balaban J connectivity index is 1.48. The minimum atomic E-state index is -0.915. The minimum Gasteiger partial charge on any atom is -0.463 e. The van der Waals surface area contributed by atoms with Crippen molar-refractivity contribution in [2.75, 3.05) is 0 Å². The molecule has 2 aliphatic carbocycles. The fourth-order valence-electron chi connectivity index (χ4n) is 6.05. The predicted octanol–water partition coefficient (Wildman–Crippen LogP) is 5.13. The Morgan fingerprint density at radius 2 is 1.62 bits per heavy atom. The lowest BCUT2D eigenvalue weighted by Gasteiger charge is -2.47. The molecule has 32 heavy (non-hydrogen) atoms. The summed E-state index contributed by atoms with van der Waals surface area (Å²) in [6.07, 6.45) is 14.0.